The van der Waals surface area contributed by atoms with Gasteiger partial charge in [0.15, 0.2) is 5.56 Å². The van der Waals surface area contributed by atoms with Gasteiger partial charge in [-0.25, -0.2) is 0 Å². The van der Waals surface area contributed by atoms with Gasteiger partial charge in [-0.2, -0.15) is 0 Å². The molecule has 1 atom stereocenters. The molecule has 158 valence electrons. The highest BCUT2D eigenvalue weighted by Gasteiger charge is 2.27. The number of hydrogen-bond donors (Lipinski definition) is 0. The van der Waals surface area contributed by atoms with Gasteiger partial charge >= 0.3 is 11.9 Å². The Hall–Kier alpha value is -1.75. The molecule has 0 heterocycles. The molecular weight excluding hydrogens is 380 g/mol. The van der Waals surface area contributed by atoms with Gasteiger partial charge in [0, 0.05) is 0 Å². The van der Waals surface area contributed by atoms with Crippen LogP contribution in [0.25, 0.3) is 0 Å². The third-order valence-corrected chi connectivity index (χ3v) is 4.14. The first-order valence-corrected chi connectivity index (χ1v) is 10.1. The summed E-state index contributed by atoms with van der Waals surface area (Å²) in [6.07, 6.45) is 0.982. The molecule has 0 bridgehead atoms. The summed E-state index contributed by atoms with van der Waals surface area (Å²) in [5, 5.41) is 0. The van der Waals surface area contributed by atoms with Crippen molar-refractivity contribution in [2.24, 2.45) is 5.41 Å². The van der Waals surface area contributed by atoms with E-state index < -0.39 is 17.5 Å². The lowest BCUT2D eigenvalue weighted by Crippen LogP contribution is -2.24. The van der Waals surface area contributed by atoms with Gasteiger partial charge in [0.1, 0.15) is 19.0 Å². The highest BCUT2D eigenvalue weighted by molar-refractivity contribution is 6.19. The molecule has 1 rings (SSSR count). The molecule has 0 radical (unpaired) electrons. The van der Waals surface area contributed by atoms with Crippen LogP contribution in [0.3, 0.4) is 0 Å². The van der Waals surface area contributed by atoms with Crippen LogP contribution in [0.15, 0.2) is 24.3 Å². The molecule has 5 nitrogen and oxygen atoms in total. The van der Waals surface area contributed by atoms with Gasteiger partial charge in [-0.15, -0.1) is 0 Å². The molecule has 0 aromatic heterocycles. The second kappa shape index (κ2) is 10.7. The van der Waals surface area contributed by atoms with Crippen LogP contribution in [0, 0.1) is 5.41 Å². The maximum atomic E-state index is 11.6. The Morgan fingerprint density at radius 3 is 2.07 bits per heavy atom. The predicted molar refractivity (Wildman–Crippen MR) is 111 cm³/mol. The fourth-order valence-corrected chi connectivity index (χ4v) is 3.36. The van der Waals surface area contributed by atoms with Crippen molar-refractivity contribution in [2.75, 3.05) is 13.2 Å². The molecule has 0 aliphatic carbocycles. The Bertz CT molecular complexity index is 629. The van der Waals surface area contributed by atoms with E-state index >= 15 is 0 Å². The summed E-state index contributed by atoms with van der Waals surface area (Å²) in [7, 11) is 0. The summed E-state index contributed by atoms with van der Waals surface area (Å²) >= 11 is 5.54. The van der Waals surface area contributed by atoms with Crippen LogP contribution >= 0.6 is 11.6 Å². The molecular formula is C22H33ClO5. The van der Waals surface area contributed by atoms with Crippen LogP contribution in [-0.2, 0) is 24.5 Å². The average molecular weight is 413 g/mol. The monoisotopic (exact) mass is 412 g/mol. The van der Waals surface area contributed by atoms with Crippen LogP contribution in [0.1, 0.15) is 66.4 Å². The maximum absolute atomic E-state index is 11.6. The zero-order valence-corrected chi connectivity index (χ0v) is 18.6. The van der Waals surface area contributed by atoms with Gasteiger partial charge in [-0.1, -0.05) is 58.4 Å². The molecule has 0 saturated heterocycles. The van der Waals surface area contributed by atoms with Crippen molar-refractivity contribution in [1.82, 2.24) is 0 Å². The first-order chi connectivity index (χ1) is 12.9. The van der Waals surface area contributed by atoms with Crippen LogP contribution in [0.5, 0.6) is 5.75 Å². The molecule has 0 spiro atoms. The molecule has 1 unspecified atom stereocenters. The summed E-state index contributed by atoms with van der Waals surface area (Å²) in [5.41, 5.74) is 0.887. The summed E-state index contributed by atoms with van der Waals surface area (Å²) in [6, 6.07) is 8.03. The molecule has 0 amide bonds. The van der Waals surface area contributed by atoms with Crippen molar-refractivity contribution in [1.29, 1.82) is 0 Å². The van der Waals surface area contributed by atoms with Gasteiger partial charge in [0.05, 0.1) is 12.8 Å². The Labute approximate surface area is 173 Å². The maximum Gasteiger partial charge on any atom is 0.307 e. The van der Waals surface area contributed by atoms with Gasteiger partial charge in [-0.3, -0.25) is 9.59 Å². The van der Waals surface area contributed by atoms with E-state index in [1.54, 1.807) is 0 Å². The van der Waals surface area contributed by atoms with Gasteiger partial charge < -0.3 is 14.2 Å². The van der Waals surface area contributed by atoms with E-state index in [4.69, 9.17) is 25.8 Å². The number of carbonyl (C=O) groups is 2. The summed E-state index contributed by atoms with van der Waals surface area (Å²) < 4.78 is 15.4. The number of ether oxygens (including phenoxy) is 3. The summed E-state index contributed by atoms with van der Waals surface area (Å²) in [5.74, 6) is -0.265. The average Bonchev–Trinajstić information content (AvgIpc) is 2.54. The predicted octanol–water partition coefficient (Wildman–Crippen LogP) is 5.23. The third-order valence-electron chi connectivity index (χ3n) is 4.05. The van der Waals surface area contributed by atoms with Crippen molar-refractivity contribution in [2.45, 2.75) is 71.8 Å². The standard InChI is InChI=1S/C22H33ClO5/c1-16(23)28-20(25)12-11-19(24)27-14-13-26-18-9-7-17(8-10-18)22(5,6)15-21(2,3)4/h7-10,16H,11-15H2,1-6H3. The Kier molecular flexibility index (Phi) is 9.28. The third kappa shape index (κ3) is 9.98. The van der Waals surface area contributed by atoms with E-state index in [1.165, 1.54) is 12.5 Å². The Morgan fingerprint density at radius 2 is 1.54 bits per heavy atom. The van der Waals surface area contributed by atoms with Crippen molar-refractivity contribution in [3.63, 3.8) is 0 Å². The minimum Gasteiger partial charge on any atom is -0.490 e. The number of rotatable bonds is 10. The molecule has 6 heteroatoms. The van der Waals surface area contributed by atoms with E-state index in [0.717, 1.165) is 12.2 Å². The van der Waals surface area contributed by atoms with Gasteiger partial charge in [-0.05, 0) is 41.9 Å². The zero-order valence-electron chi connectivity index (χ0n) is 17.8. The van der Waals surface area contributed by atoms with E-state index in [-0.39, 0.29) is 36.9 Å². The van der Waals surface area contributed by atoms with Crippen LogP contribution in [-0.4, -0.2) is 30.7 Å². The number of esters is 2. The lowest BCUT2D eigenvalue weighted by Gasteiger charge is -2.33. The normalized spacial score (nSPS) is 13.0. The first-order valence-electron chi connectivity index (χ1n) is 9.61. The van der Waals surface area contributed by atoms with Gasteiger partial charge in [0.2, 0.25) is 0 Å². The van der Waals surface area contributed by atoms with Crippen LogP contribution < -0.4 is 4.74 Å². The Balaban J connectivity index is 2.34. The minimum absolute atomic E-state index is 0.0417. The number of carbonyl (C=O) groups excluding carboxylic acids is 2. The van der Waals surface area contributed by atoms with E-state index in [2.05, 4.69) is 46.8 Å². The first kappa shape index (κ1) is 24.3. The molecule has 0 saturated carbocycles. The van der Waals surface area contributed by atoms with E-state index in [1.807, 2.05) is 12.1 Å². The number of benzene rings is 1. The van der Waals surface area contributed by atoms with Crippen LogP contribution in [0.4, 0.5) is 0 Å². The zero-order chi connectivity index (χ0) is 21.4. The van der Waals surface area contributed by atoms with E-state index in [0.29, 0.717) is 0 Å². The highest BCUT2D eigenvalue weighted by atomic mass is 35.5. The minimum atomic E-state index is -0.706. The molecule has 0 aliphatic heterocycles. The van der Waals surface area contributed by atoms with Crippen LogP contribution in [0.2, 0.25) is 0 Å². The molecule has 1 aromatic carbocycles. The van der Waals surface area contributed by atoms with Crippen molar-refractivity contribution >= 4 is 23.5 Å². The molecule has 0 N–H and O–H groups in total. The SMILES string of the molecule is CC(Cl)OC(=O)CCC(=O)OCCOc1ccc(C(C)(C)CC(C)(C)C)cc1. The summed E-state index contributed by atoms with van der Waals surface area (Å²) in [4.78, 5) is 22.9. The number of alkyl halides is 1. The Morgan fingerprint density at radius 1 is 0.964 bits per heavy atom. The lowest BCUT2D eigenvalue weighted by atomic mass is 9.72. The van der Waals surface area contributed by atoms with Gasteiger partial charge in [0.25, 0.3) is 0 Å². The second-order valence-electron chi connectivity index (χ2n) is 8.75. The fraction of sp³-hybridized carbons (Fsp3) is 0.636. The molecule has 0 fully saturated rings. The quantitative estimate of drug-likeness (QED) is 0.299. The summed E-state index contributed by atoms with van der Waals surface area (Å²) in [6.45, 7) is 13.1. The smallest absolute Gasteiger partial charge is 0.307 e. The molecule has 0 aliphatic rings. The topological polar surface area (TPSA) is 61.8 Å². The number of halogens is 1. The van der Waals surface area contributed by atoms with Crippen molar-refractivity contribution in [3.8, 4) is 5.75 Å². The number of hydrogen-bond acceptors (Lipinski definition) is 5. The van der Waals surface area contributed by atoms with Crippen molar-refractivity contribution < 1.29 is 23.8 Å². The largest absolute Gasteiger partial charge is 0.490 e. The van der Waals surface area contributed by atoms with E-state index in [9.17, 15) is 9.59 Å². The van der Waals surface area contributed by atoms with Crippen molar-refractivity contribution in [3.05, 3.63) is 29.8 Å². The molecule has 1 aromatic rings. The highest BCUT2D eigenvalue weighted by Crippen LogP contribution is 2.36. The lowest BCUT2D eigenvalue weighted by molar-refractivity contribution is -0.151. The fourth-order valence-electron chi connectivity index (χ4n) is 3.26. The molecule has 28 heavy (non-hydrogen) atoms. The second-order valence-corrected chi connectivity index (χ2v) is 9.36.